The maximum absolute atomic E-state index is 11.4. The van der Waals surface area contributed by atoms with Crippen molar-refractivity contribution in [2.45, 2.75) is 0 Å². The van der Waals surface area contributed by atoms with Gasteiger partial charge in [0, 0.05) is 0 Å². The molecule has 0 saturated heterocycles. The Morgan fingerprint density at radius 1 is 0.633 bits per heavy atom. The van der Waals surface area contributed by atoms with E-state index in [0.717, 1.165) is 10.9 Å². The highest BCUT2D eigenvalue weighted by Gasteiger charge is 2.41. The van der Waals surface area contributed by atoms with E-state index in [4.69, 9.17) is 4.74 Å². The zero-order chi connectivity index (χ0) is 21.0. The predicted molar refractivity (Wildman–Crippen MR) is 124 cm³/mol. The number of carbonyl (C=O) groups is 1. The molecule has 4 rings (SSSR count). The number of methoxy groups -OCH3 is 1. The average molecular weight is 411 g/mol. The van der Waals surface area contributed by atoms with E-state index >= 15 is 0 Å². The van der Waals surface area contributed by atoms with Gasteiger partial charge >= 0.3 is 5.97 Å². The number of ether oxygens (including phenoxy) is 1. The molecule has 0 aliphatic rings. The van der Waals surface area contributed by atoms with Gasteiger partial charge in [-0.25, -0.2) is 4.79 Å². The Morgan fingerprint density at radius 2 is 1.03 bits per heavy atom. The van der Waals surface area contributed by atoms with E-state index in [1.165, 1.54) is 15.6 Å². The van der Waals surface area contributed by atoms with Crippen LogP contribution in [-0.2, 0) is 0 Å². The topological polar surface area (TPSA) is 46.5 Å². The Morgan fingerprint density at radius 3 is 1.43 bits per heavy atom. The highest BCUT2D eigenvalue weighted by atomic mass is 28.3. The van der Waals surface area contributed by atoms with Crippen molar-refractivity contribution < 1.29 is 14.6 Å². The van der Waals surface area contributed by atoms with Crippen molar-refractivity contribution in [3.05, 3.63) is 115 Å². The first-order valence-electron chi connectivity index (χ1n) is 9.75. The number of hydrogen-bond acceptors (Lipinski definition) is 2. The second-order valence-electron chi connectivity index (χ2n) is 7.09. The number of carboxylic acid groups (broad SMARTS) is 1. The van der Waals surface area contributed by atoms with Crippen LogP contribution in [0.4, 0.5) is 0 Å². The second kappa shape index (κ2) is 8.39. The van der Waals surface area contributed by atoms with Crippen molar-refractivity contribution in [3.8, 4) is 5.75 Å². The first-order valence-corrected chi connectivity index (χ1v) is 11.8. The van der Waals surface area contributed by atoms with E-state index in [0.29, 0.717) is 0 Å². The van der Waals surface area contributed by atoms with Crippen LogP contribution in [0.15, 0.2) is 109 Å². The quantitative estimate of drug-likeness (QED) is 0.393. The molecule has 0 aliphatic carbocycles. The van der Waals surface area contributed by atoms with Crippen LogP contribution in [0.3, 0.4) is 0 Å². The van der Waals surface area contributed by atoms with E-state index in [-0.39, 0.29) is 5.56 Å². The van der Waals surface area contributed by atoms with Gasteiger partial charge in [0.1, 0.15) is 5.75 Å². The number of benzene rings is 4. The van der Waals surface area contributed by atoms with Crippen LogP contribution >= 0.6 is 0 Å². The van der Waals surface area contributed by atoms with Crippen molar-refractivity contribution in [2.24, 2.45) is 0 Å². The van der Waals surface area contributed by atoms with Gasteiger partial charge < -0.3 is 9.84 Å². The molecule has 0 aromatic heterocycles. The Bertz CT molecular complexity index is 1080. The standard InChI is InChI=1S/C26H22O3Si/c1-29-21-14-18-25(19-15-21)30(22-8-4-2-5-9-22,23-10-6-3-7-11-23)24-16-12-20(13-17-24)26(27)28/h2-19H,1H3,(H,27,28). The first-order chi connectivity index (χ1) is 14.7. The van der Waals surface area contributed by atoms with Gasteiger partial charge in [-0.15, -0.1) is 0 Å². The lowest BCUT2D eigenvalue weighted by atomic mass is 10.2. The summed E-state index contributed by atoms with van der Waals surface area (Å²) >= 11 is 0. The lowest BCUT2D eigenvalue weighted by Crippen LogP contribution is -2.74. The number of aromatic carboxylic acids is 1. The molecule has 1 N–H and O–H groups in total. The average Bonchev–Trinajstić information content (AvgIpc) is 2.82. The summed E-state index contributed by atoms with van der Waals surface area (Å²) in [6, 6.07) is 36.6. The molecule has 0 heterocycles. The molecule has 0 atom stereocenters. The van der Waals surface area contributed by atoms with Crippen LogP contribution in [0.1, 0.15) is 10.4 Å². The van der Waals surface area contributed by atoms with Crippen molar-refractivity contribution >= 4 is 34.8 Å². The molecular weight excluding hydrogens is 388 g/mol. The highest BCUT2D eigenvalue weighted by Crippen LogP contribution is 2.13. The third-order valence-electron chi connectivity index (χ3n) is 5.50. The minimum absolute atomic E-state index is 0.289. The molecule has 3 nitrogen and oxygen atoms in total. The molecule has 0 radical (unpaired) electrons. The normalized spacial score (nSPS) is 11.1. The van der Waals surface area contributed by atoms with Gasteiger partial charge in [0.25, 0.3) is 0 Å². The van der Waals surface area contributed by atoms with Gasteiger partial charge in [-0.1, -0.05) is 84.9 Å². The van der Waals surface area contributed by atoms with Crippen molar-refractivity contribution in [1.29, 1.82) is 0 Å². The molecule has 0 amide bonds. The smallest absolute Gasteiger partial charge is 0.335 e. The number of rotatable bonds is 6. The summed E-state index contributed by atoms with van der Waals surface area (Å²) in [7, 11) is -0.976. The molecule has 148 valence electrons. The first kappa shape index (κ1) is 19.7. The zero-order valence-electron chi connectivity index (χ0n) is 16.7. The van der Waals surface area contributed by atoms with Gasteiger partial charge in [0.2, 0.25) is 0 Å². The molecule has 4 aromatic carbocycles. The molecule has 0 saturated carbocycles. The zero-order valence-corrected chi connectivity index (χ0v) is 17.7. The Balaban J connectivity index is 2.06. The molecule has 4 heteroatoms. The number of carboxylic acids is 1. The molecule has 4 aromatic rings. The monoisotopic (exact) mass is 410 g/mol. The molecule has 0 unspecified atom stereocenters. The fraction of sp³-hybridized carbons (Fsp3) is 0.0385. The second-order valence-corrected chi connectivity index (χ2v) is 10.9. The summed E-state index contributed by atoms with van der Waals surface area (Å²) in [6.07, 6.45) is 0. The van der Waals surface area contributed by atoms with Crippen LogP contribution < -0.4 is 25.5 Å². The van der Waals surface area contributed by atoms with Crippen LogP contribution in [0.25, 0.3) is 0 Å². The van der Waals surface area contributed by atoms with Crippen LogP contribution in [0.5, 0.6) is 5.75 Å². The SMILES string of the molecule is COc1ccc([Si](c2ccccc2)(c2ccccc2)c2ccc(C(=O)O)cc2)cc1. The summed E-state index contributed by atoms with van der Waals surface area (Å²) in [4.78, 5) is 11.4. The minimum Gasteiger partial charge on any atom is -0.497 e. The summed E-state index contributed by atoms with van der Waals surface area (Å²) in [6.45, 7) is 0. The minimum atomic E-state index is -2.64. The fourth-order valence-electron chi connectivity index (χ4n) is 4.08. The fourth-order valence-corrected chi connectivity index (χ4v) is 8.80. The maximum atomic E-state index is 11.4. The molecule has 0 spiro atoms. The summed E-state index contributed by atoms with van der Waals surface area (Å²) in [5.41, 5.74) is 0.289. The molecule has 0 aliphatic heterocycles. The Hall–Kier alpha value is -3.63. The van der Waals surface area contributed by atoms with Crippen LogP contribution in [0, 0.1) is 0 Å². The molecule has 0 fully saturated rings. The predicted octanol–water partition coefficient (Wildman–Crippen LogP) is 2.77. The maximum Gasteiger partial charge on any atom is 0.335 e. The van der Waals surface area contributed by atoms with Crippen LogP contribution in [0.2, 0.25) is 0 Å². The van der Waals surface area contributed by atoms with Gasteiger partial charge in [-0.05, 0) is 45.0 Å². The van der Waals surface area contributed by atoms with E-state index in [1.54, 1.807) is 19.2 Å². The van der Waals surface area contributed by atoms with Crippen molar-refractivity contribution in [2.75, 3.05) is 7.11 Å². The van der Waals surface area contributed by atoms with E-state index in [1.807, 2.05) is 36.4 Å². The lowest BCUT2D eigenvalue weighted by Gasteiger charge is -2.34. The third-order valence-corrected chi connectivity index (χ3v) is 10.3. The van der Waals surface area contributed by atoms with Crippen molar-refractivity contribution in [1.82, 2.24) is 0 Å². The van der Waals surface area contributed by atoms with E-state index in [9.17, 15) is 9.90 Å². The summed E-state index contributed by atoms with van der Waals surface area (Å²) < 4.78 is 5.39. The van der Waals surface area contributed by atoms with Crippen LogP contribution in [-0.4, -0.2) is 26.3 Å². The van der Waals surface area contributed by atoms with Crippen molar-refractivity contribution in [3.63, 3.8) is 0 Å². The van der Waals surface area contributed by atoms with Gasteiger partial charge in [0.05, 0.1) is 12.7 Å². The number of hydrogen-bond donors (Lipinski definition) is 1. The summed E-state index contributed by atoms with van der Waals surface area (Å²) in [5.74, 6) is -0.110. The van der Waals surface area contributed by atoms with E-state index in [2.05, 4.69) is 60.7 Å². The Labute approximate surface area is 177 Å². The molecular formula is C26H22O3Si. The third kappa shape index (κ3) is 3.42. The lowest BCUT2D eigenvalue weighted by molar-refractivity contribution is 0.0697. The van der Waals surface area contributed by atoms with Gasteiger partial charge in [-0.2, -0.15) is 0 Å². The van der Waals surface area contributed by atoms with Gasteiger partial charge in [-0.3, -0.25) is 0 Å². The van der Waals surface area contributed by atoms with Gasteiger partial charge in [0.15, 0.2) is 8.07 Å². The summed E-state index contributed by atoms with van der Waals surface area (Å²) in [5, 5.41) is 14.2. The highest BCUT2D eigenvalue weighted by molar-refractivity contribution is 7.19. The largest absolute Gasteiger partial charge is 0.497 e. The van der Waals surface area contributed by atoms with E-state index < -0.39 is 14.0 Å². The Kier molecular flexibility index (Phi) is 5.50. The molecule has 30 heavy (non-hydrogen) atoms. The molecule has 0 bridgehead atoms.